The fourth-order valence-corrected chi connectivity index (χ4v) is 3.49. The van der Waals surface area contributed by atoms with Crippen molar-refractivity contribution in [2.45, 2.75) is 25.7 Å². The zero-order valence-electron chi connectivity index (χ0n) is 15.3. The molecule has 6 N–H and O–H groups in total. The number of likely N-dealkylation sites (tertiary alicyclic amines) is 1. The minimum absolute atomic E-state index is 0.00360. The van der Waals surface area contributed by atoms with Crippen LogP contribution >= 0.6 is 11.6 Å². The molecule has 3 rings (SSSR count). The van der Waals surface area contributed by atoms with E-state index in [9.17, 15) is 4.79 Å². The molecule has 1 saturated carbocycles. The van der Waals surface area contributed by atoms with E-state index in [1.165, 1.54) is 0 Å². The fourth-order valence-electron chi connectivity index (χ4n) is 3.17. The van der Waals surface area contributed by atoms with Gasteiger partial charge in [0.05, 0.1) is 22.8 Å². The molecule has 144 valence electrons. The van der Waals surface area contributed by atoms with Crippen LogP contribution in [0.1, 0.15) is 31.2 Å². The molecule has 1 heterocycles. The Balaban J connectivity index is 1.84. The molecule has 1 amide bonds. The van der Waals surface area contributed by atoms with Crippen LogP contribution in [0.15, 0.2) is 46.8 Å². The molecule has 0 radical (unpaired) electrons. The third-order valence-corrected chi connectivity index (χ3v) is 5.35. The molecule has 7 heteroatoms. The Labute approximate surface area is 164 Å². The summed E-state index contributed by atoms with van der Waals surface area (Å²) >= 11 is 6.58. The van der Waals surface area contributed by atoms with Crippen LogP contribution in [0, 0.1) is 11.3 Å². The molecule has 0 spiro atoms. The highest BCUT2D eigenvalue weighted by molar-refractivity contribution is 6.38. The van der Waals surface area contributed by atoms with E-state index in [1.54, 1.807) is 0 Å². The van der Waals surface area contributed by atoms with E-state index in [0.29, 0.717) is 17.0 Å². The average Bonchev–Trinajstić information content (AvgIpc) is 3.40. The van der Waals surface area contributed by atoms with E-state index in [4.69, 9.17) is 28.5 Å². The van der Waals surface area contributed by atoms with Crippen molar-refractivity contribution in [3.8, 4) is 0 Å². The number of nitrogens with zero attached hydrogens (tertiary/aromatic N) is 1. The van der Waals surface area contributed by atoms with Gasteiger partial charge in [0.15, 0.2) is 0 Å². The lowest BCUT2D eigenvalue weighted by atomic mass is 10.0. The maximum Gasteiger partial charge on any atom is 0.241 e. The number of nitrogens with one attached hydrogen (secondary N) is 2. The molecule has 1 aromatic rings. The van der Waals surface area contributed by atoms with Gasteiger partial charge >= 0.3 is 0 Å². The Morgan fingerprint density at radius 2 is 1.81 bits per heavy atom. The molecule has 6 nitrogen and oxygen atoms in total. The molecule has 1 aliphatic carbocycles. The lowest BCUT2D eigenvalue weighted by Gasteiger charge is -2.19. The van der Waals surface area contributed by atoms with E-state index in [-0.39, 0.29) is 29.2 Å². The Morgan fingerprint density at radius 1 is 1.19 bits per heavy atom. The molecular weight excluding hydrogens is 362 g/mol. The lowest BCUT2D eigenvalue weighted by Crippen LogP contribution is -2.38. The predicted molar refractivity (Wildman–Crippen MR) is 109 cm³/mol. The first kappa shape index (κ1) is 19.3. The van der Waals surface area contributed by atoms with Crippen molar-refractivity contribution < 1.29 is 4.79 Å². The van der Waals surface area contributed by atoms with Gasteiger partial charge in [0, 0.05) is 24.7 Å². The van der Waals surface area contributed by atoms with E-state index in [1.807, 2.05) is 35.2 Å². The van der Waals surface area contributed by atoms with Crippen LogP contribution in [0.25, 0.3) is 5.70 Å². The highest BCUT2D eigenvalue weighted by Gasteiger charge is 2.32. The van der Waals surface area contributed by atoms with Gasteiger partial charge in [-0.3, -0.25) is 4.79 Å². The van der Waals surface area contributed by atoms with Crippen molar-refractivity contribution in [2.24, 2.45) is 17.4 Å². The van der Waals surface area contributed by atoms with Gasteiger partial charge in [0.25, 0.3) is 0 Å². The van der Waals surface area contributed by atoms with Crippen molar-refractivity contribution in [1.82, 2.24) is 10.2 Å². The molecule has 0 aromatic heterocycles. The largest absolute Gasteiger partial charge is 0.397 e. The zero-order chi connectivity index (χ0) is 19.4. The van der Waals surface area contributed by atoms with Crippen molar-refractivity contribution in [3.05, 3.63) is 52.3 Å². The number of amides is 1. The molecule has 27 heavy (non-hydrogen) atoms. The molecule has 0 bridgehead atoms. The maximum atomic E-state index is 12.3. The van der Waals surface area contributed by atoms with Crippen molar-refractivity contribution >= 4 is 28.9 Å². The topological polar surface area (TPSA) is 108 Å². The molecule has 0 atom stereocenters. The van der Waals surface area contributed by atoms with Crippen LogP contribution in [0.5, 0.6) is 0 Å². The summed E-state index contributed by atoms with van der Waals surface area (Å²) in [5.74, 6) is 0.374. The van der Waals surface area contributed by atoms with Gasteiger partial charge in [0.1, 0.15) is 5.82 Å². The summed E-state index contributed by atoms with van der Waals surface area (Å²) in [5.41, 5.74) is 14.4. The second kappa shape index (κ2) is 8.48. The highest BCUT2D eigenvalue weighted by atomic mass is 35.5. The number of nitrogens with two attached hydrogens (primary N) is 2. The SMILES string of the molecule is N=C(C(=C(/N)NCC(=O)N1CCCC1)/C(Cl)=C(\N)c1ccccc1)C1CC1. The van der Waals surface area contributed by atoms with Gasteiger partial charge in [-0.25, -0.2) is 0 Å². The normalized spacial score (nSPS) is 18.6. The number of hydrogen-bond acceptors (Lipinski definition) is 5. The summed E-state index contributed by atoms with van der Waals surface area (Å²) in [6.45, 7) is 1.66. The molecule has 1 aliphatic heterocycles. The molecule has 2 aliphatic rings. The third-order valence-electron chi connectivity index (χ3n) is 4.95. The molecule has 2 fully saturated rings. The Bertz CT molecular complexity index is 777. The summed E-state index contributed by atoms with van der Waals surface area (Å²) in [6.07, 6.45) is 3.96. The third kappa shape index (κ3) is 4.63. The van der Waals surface area contributed by atoms with Gasteiger partial charge in [0.2, 0.25) is 5.91 Å². The van der Waals surface area contributed by atoms with Crippen LogP contribution in [0.4, 0.5) is 0 Å². The summed E-state index contributed by atoms with van der Waals surface area (Å²) in [6, 6.07) is 9.36. The first-order valence-corrected chi connectivity index (χ1v) is 9.68. The van der Waals surface area contributed by atoms with Crippen molar-refractivity contribution in [2.75, 3.05) is 19.6 Å². The minimum atomic E-state index is 0.00360. The van der Waals surface area contributed by atoms with E-state index in [2.05, 4.69) is 5.32 Å². The number of carbonyl (C=O) groups is 1. The first-order valence-electron chi connectivity index (χ1n) is 9.30. The van der Waals surface area contributed by atoms with E-state index in [0.717, 1.165) is 44.3 Å². The molecule has 1 saturated heterocycles. The highest BCUT2D eigenvalue weighted by Crippen LogP contribution is 2.36. The molecule has 1 aromatic carbocycles. The van der Waals surface area contributed by atoms with Crippen molar-refractivity contribution in [3.63, 3.8) is 0 Å². The van der Waals surface area contributed by atoms with Gasteiger partial charge in [-0.05, 0) is 31.2 Å². The summed E-state index contributed by atoms with van der Waals surface area (Å²) in [7, 11) is 0. The van der Waals surface area contributed by atoms with Crippen LogP contribution in [-0.4, -0.2) is 36.2 Å². The first-order chi connectivity index (χ1) is 13.0. The zero-order valence-corrected chi connectivity index (χ0v) is 16.1. The van der Waals surface area contributed by atoms with Gasteiger partial charge < -0.3 is 27.1 Å². The average molecular weight is 388 g/mol. The smallest absolute Gasteiger partial charge is 0.241 e. The quantitative estimate of drug-likeness (QED) is 0.425. The van der Waals surface area contributed by atoms with Crippen LogP contribution in [-0.2, 0) is 4.79 Å². The Hall–Kier alpha value is -2.47. The maximum absolute atomic E-state index is 12.3. The molecule has 0 unspecified atom stereocenters. The summed E-state index contributed by atoms with van der Waals surface area (Å²) < 4.78 is 0. The summed E-state index contributed by atoms with van der Waals surface area (Å²) in [4.78, 5) is 14.1. The number of carbonyl (C=O) groups excluding carboxylic acids is 1. The number of allylic oxidation sites excluding steroid dienone is 2. The second-order valence-corrected chi connectivity index (χ2v) is 7.39. The Kier molecular flexibility index (Phi) is 6.06. The number of benzene rings is 1. The fraction of sp³-hybridized carbons (Fsp3) is 0.400. The molecular formula is C20H26ClN5O. The Morgan fingerprint density at radius 3 is 2.41 bits per heavy atom. The van der Waals surface area contributed by atoms with E-state index >= 15 is 0 Å². The standard InChI is InChI=1S/C20H26ClN5O/c21-17(19(23)13-6-2-1-3-7-13)16(18(22)14-8-9-14)20(24)25-12-15(27)26-10-4-5-11-26/h1-3,6-7,14,22,25H,4-5,8-12,23-24H2/b19-17+,20-16-,22-18?. The second-order valence-electron chi connectivity index (χ2n) is 7.01. The minimum Gasteiger partial charge on any atom is -0.397 e. The predicted octanol–water partition coefficient (Wildman–Crippen LogP) is 2.36. The van der Waals surface area contributed by atoms with Crippen molar-refractivity contribution in [1.29, 1.82) is 5.41 Å². The van der Waals surface area contributed by atoms with Crippen LogP contribution in [0.2, 0.25) is 0 Å². The lowest BCUT2D eigenvalue weighted by molar-refractivity contribution is -0.129. The van der Waals surface area contributed by atoms with Gasteiger partial charge in [-0.1, -0.05) is 41.9 Å². The van der Waals surface area contributed by atoms with Crippen LogP contribution < -0.4 is 16.8 Å². The number of hydrogen-bond donors (Lipinski definition) is 4. The number of rotatable bonds is 7. The van der Waals surface area contributed by atoms with Gasteiger partial charge in [-0.15, -0.1) is 0 Å². The van der Waals surface area contributed by atoms with E-state index < -0.39 is 0 Å². The monoisotopic (exact) mass is 387 g/mol. The summed E-state index contributed by atoms with van der Waals surface area (Å²) in [5, 5.41) is 11.7. The van der Waals surface area contributed by atoms with Gasteiger partial charge in [-0.2, -0.15) is 0 Å². The van der Waals surface area contributed by atoms with Crippen LogP contribution in [0.3, 0.4) is 0 Å². The number of halogens is 1.